The van der Waals surface area contributed by atoms with E-state index in [-0.39, 0.29) is 11.8 Å². The Kier molecular flexibility index (Phi) is 3.95. The smallest absolute Gasteiger partial charge is 0.268 e. The molecular weight excluding hydrogens is 286 g/mol. The summed E-state index contributed by atoms with van der Waals surface area (Å²) < 4.78 is 6.07. The van der Waals surface area contributed by atoms with E-state index in [1.165, 1.54) is 5.56 Å². The van der Waals surface area contributed by atoms with E-state index in [2.05, 4.69) is 5.32 Å². The molecule has 23 heavy (non-hydrogen) atoms. The number of benzene rings is 2. The maximum Gasteiger partial charge on any atom is 0.268 e. The van der Waals surface area contributed by atoms with Crippen molar-refractivity contribution in [1.82, 2.24) is 0 Å². The van der Waals surface area contributed by atoms with Gasteiger partial charge in [0.25, 0.3) is 5.91 Å². The summed E-state index contributed by atoms with van der Waals surface area (Å²) in [7, 11) is 0. The minimum atomic E-state index is -0.907. The quantitative estimate of drug-likeness (QED) is 0.912. The van der Waals surface area contributed by atoms with Gasteiger partial charge >= 0.3 is 0 Å². The number of carbonyl (C=O) groups excluding carboxylic acids is 1. The Hall–Kier alpha value is -2.55. The van der Waals surface area contributed by atoms with Gasteiger partial charge in [0.1, 0.15) is 5.76 Å². The van der Waals surface area contributed by atoms with Crippen LogP contribution in [0.4, 0.5) is 5.69 Å². The van der Waals surface area contributed by atoms with Gasteiger partial charge in [0.05, 0.1) is 0 Å². The molecule has 0 saturated heterocycles. The Labute approximate surface area is 137 Å². The first kappa shape index (κ1) is 15.3. The van der Waals surface area contributed by atoms with Gasteiger partial charge in [-0.1, -0.05) is 55.0 Å². The highest BCUT2D eigenvalue weighted by molar-refractivity contribution is 5.98. The molecule has 0 saturated carbocycles. The second-order valence-electron chi connectivity index (χ2n) is 6.21. The van der Waals surface area contributed by atoms with Gasteiger partial charge in [-0.15, -0.1) is 0 Å². The van der Waals surface area contributed by atoms with Crippen molar-refractivity contribution in [2.45, 2.75) is 26.4 Å². The topological polar surface area (TPSA) is 38.3 Å². The fourth-order valence-corrected chi connectivity index (χ4v) is 2.64. The number of nitrogens with one attached hydrogen (secondary N) is 1. The molecule has 0 radical (unpaired) electrons. The Balaban J connectivity index is 1.78. The van der Waals surface area contributed by atoms with E-state index >= 15 is 0 Å². The number of carbonyl (C=O) groups is 1. The SMILES string of the molecule is Cc1ccc(C2=CC(C)C(C)(C(=O)Nc3ccccc3)O2)cc1. The van der Waals surface area contributed by atoms with Crippen LogP contribution in [0.3, 0.4) is 0 Å². The van der Waals surface area contributed by atoms with E-state index < -0.39 is 5.60 Å². The Morgan fingerprint density at radius 1 is 1.09 bits per heavy atom. The van der Waals surface area contributed by atoms with Gasteiger partial charge in [-0.25, -0.2) is 0 Å². The average molecular weight is 307 g/mol. The summed E-state index contributed by atoms with van der Waals surface area (Å²) in [5, 5.41) is 2.94. The normalized spacial score (nSPS) is 23.1. The molecule has 0 bridgehead atoms. The third kappa shape index (κ3) is 3.00. The molecule has 2 unspecified atom stereocenters. The summed E-state index contributed by atoms with van der Waals surface area (Å²) in [6, 6.07) is 17.6. The van der Waals surface area contributed by atoms with Gasteiger partial charge in [0, 0.05) is 17.2 Å². The molecule has 1 N–H and O–H groups in total. The molecule has 1 aliphatic rings. The van der Waals surface area contributed by atoms with Crippen LogP contribution < -0.4 is 5.32 Å². The lowest BCUT2D eigenvalue weighted by Crippen LogP contribution is -2.44. The third-order valence-corrected chi connectivity index (χ3v) is 4.41. The van der Waals surface area contributed by atoms with E-state index in [1.807, 2.05) is 81.4 Å². The highest BCUT2D eigenvalue weighted by atomic mass is 16.5. The summed E-state index contributed by atoms with van der Waals surface area (Å²) >= 11 is 0. The molecule has 3 heteroatoms. The van der Waals surface area contributed by atoms with Crippen molar-refractivity contribution in [2.75, 3.05) is 5.32 Å². The van der Waals surface area contributed by atoms with Crippen molar-refractivity contribution in [3.63, 3.8) is 0 Å². The Bertz CT molecular complexity index is 734. The summed E-state index contributed by atoms with van der Waals surface area (Å²) in [4.78, 5) is 12.7. The highest BCUT2D eigenvalue weighted by Crippen LogP contribution is 2.38. The molecule has 1 amide bonds. The van der Waals surface area contributed by atoms with E-state index in [4.69, 9.17) is 4.74 Å². The van der Waals surface area contributed by atoms with Crippen LogP contribution in [-0.2, 0) is 9.53 Å². The zero-order valence-corrected chi connectivity index (χ0v) is 13.7. The molecule has 2 atom stereocenters. The van der Waals surface area contributed by atoms with Crippen LogP contribution in [0.5, 0.6) is 0 Å². The molecule has 1 heterocycles. The van der Waals surface area contributed by atoms with Crippen molar-refractivity contribution in [3.05, 3.63) is 71.8 Å². The van der Waals surface area contributed by atoms with Crippen molar-refractivity contribution >= 4 is 17.4 Å². The zero-order chi connectivity index (χ0) is 16.4. The van der Waals surface area contributed by atoms with Crippen LogP contribution in [0.2, 0.25) is 0 Å². The number of hydrogen-bond donors (Lipinski definition) is 1. The standard InChI is InChI=1S/C20H21NO2/c1-14-9-11-16(12-10-14)18-13-15(2)20(3,23-18)19(22)21-17-7-5-4-6-8-17/h4-13,15H,1-3H3,(H,21,22). The molecule has 0 fully saturated rings. The number of amides is 1. The number of ether oxygens (including phenoxy) is 1. The molecule has 3 nitrogen and oxygen atoms in total. The molecule has 0 aromatic heterocycles. The van der Waals surface area contributed by atoms with Gasteiger partial charge in [-0.3, -0.25) is 4.79 Å². The first-order valence-corrected chi connectivity index (χ1v) is 7.83. The van der Waals surface area contributed by atoms with Gasteiger partial charge in [-0.2, -0.15) is 0 Å². The molecular formula is C20H21NO2. The fourth-order valence-electron chi connectivity index (χ4n) is 2.64. The maximum atomic E-state index is 12.7. The number of rotatable bonds is 3. The monoisotopic (exact) mass is 307 g/mol. The van der Waals surface area contributed by atoms with Crippen LogP contribution in [-0.4, -0.2) is 11.5 Å². The second kappa shape index (κ2) is 5.92. The third-order valence-electron chi connectivity index (χ3n) is 4.41. The lowest BCUT2D eigenvalue weighted by molar-refractivity contribution is -0.133. The summed E-state index contributed by atoms with van der Waals surface area (Å²) in [5.41, 5.74) is 2.07. The maximum absolute atomic E-state index is 12.7. The van der Waals surface area contributed by atoms with Crippen LogP contribution >= 0.6 is 0 Å². The predicted molar refractivity (Wildman–Crippen MR) is 92.9 cm³/mol. The number of para-hydroxylation sites is 1. The highest BCUT2D eigenvalue weighted by Gasteiger charge is 2.45. The van der Waals surface area contributed by atoms with Gasteiger partial charge < -0.3 is 10.1 Å². The lowest BCUT2D eigenvalue weighted by Gasteiger charge is -2.28. The number of anilines is 1. The van der Waals surface area contributed by atoms with E-state index in [0.29, 0.717) is 0 Å². The lowest BCUT2D eigenvalue weighted by atomic mass is 9.91. The van der Waals surface area contributed by atoms with Crippen LogP contribution in [0.1, 0.15) is 25.0 Å². The average Bonchev–Trinajstić information content (AvgIpc) is 2.86. The molecule has 2 aromatic rings. The minimum absolute atomic E-state index is 0.0116. The molecule has 1 aliphatic heterocycles. The van der Waals surface area contributed by atoms with E-state index in [9.17, 15) is 4.79 Å². The van der Waals surface area contributed by atoms with Gasteiger partial charge in [0.2, 0.25) is 0 Å². The van der Waals surface area contributed by atoms with Crippen LogP contribution in [0.25, 0.3) is 5.76 Å². The van der Waals surface area contributed by atoms with Crippen LogP contribution in [0.15, 0.2) is 60.7 Å². The molecule has 0 spiro atoms. The first-order valence-electron chi connectivity index (χ1n) is 7.83. The predicted octanol–water partition coefficient (Wildman–Crippen LogP) is 4.40. The summed E-state index contributed by atoms with van der Waals surface area (Å²) in [6.45, 7) is 5.90. The number of aryl methyl sites for hydroxylation is 1. The van der Waals surface area contributed by atoms with E-state index in [1.54, 1.807) is 0 Å². The molecule has 2 aromatic carbocycles. The van der Waals surface area contributed by atoms with Crippen molar-refractivity contribution < 1.29 is 9.53 Å². The second-order valence-corrected chi connectivity index (χ2v) is 6.21. The largest absolute Gasteiger partial charge is 0.477 e. The van der Waals surface area contributed by atoms with Gasteiger partial charge in [0.15, 0.2) is 5.60 Å². The number of hydrogen-bond acceptors (Lipinski definition) is 2. The molecule has 0 aliphatic carbocycles. The van der Waals surface area contributed by atoms with Crippen molar-refractivity contribution in [2.24, 2.45) is 5.92 Å². The molecule has 118 valence electrons. The van der Waals surface area contributed by atoms with Crippen molar-refractivity contribution in [3.8, 4) is 0 Å². The van der Waals surface area contributed by atoms with Crippen LogP contribution in [0, 0.1) is 12.8 Å². The van der Waals surface area contributed by atoms with E-state index in [0.717, 1.165) is 17.0 Å². The van der Waals surface area contributed by atoms with Gasteiger partial charge in [-0.05, 0) is 32.1 Å². The summed E-state index contributed by atoms with van der Waals surface area (Å²) in [5.74, 6) is 0.625. The first-order chi connectivity index (χ1) is 11.0. The van der Waals surface area contributed by atoms with Crippen molar-refractivity contribution in [1.29, 1.82) is 0 Å². The zero-order valence-electron chi connectivity index (χ0n) is 13.7. The minimum Gasteiger partial charge on any atom is -0.477 e. The Morgan fingerprint density at radius 2 is 1.74 bits per heavy atom. The Morgan fingerprint density at radius 3 is 2.39 bits per heavy atom. The molecule has 3 rings (SSSR count). The fraction of sp³-hybridized carbons (Fsp3) is 0.250. The summed E-state index contributed by atoms with van der Waals surface area (Å²) in [6.07, 6.45) is 2.02.